The maximum absolute atomic E-state index is 12.0. The maximum atomic E-state index is 12.0. The molecule has 0 aliphatic heterocycles. The molecule has 0 saturated heterocycles. The lowest BCUT2D eigenvalue weighted by molar-refractivity contribution is 0.489. The van der Waals surface area contributed by atoms with Gasteiger partial charge in [-0.05, 0) is 17.5 Å². The van der Waals surface area contributed by atoms with E-state index in [1.807, 2.05) is 0 Å². The number of hydrogen-bond donors (Lipinski definition) is 0. The van der Waals surface area contributed by atoms with Gasteiger partial charge in [-0.1, -0.05) is 12.1 Å². The van der Waals surface area contributed by atoms with Gasteiger partial charge in [-0.2, -0.15) is 0 Å². The Balaban J connectivity index is 2.79. The Morgan fingerprint density at radius 1 is 0.600 bits per heavy atom. The van der Waals surface area contributed by atoms with Crippen LogP contribution in [0.4, 0.5) is 0 Å². The summed E-state index contributed by atoms with van der Waals surface area (Å²) in [6.45, 7) is 0. The highest BCUT2D eigenvalue weighted by Gasteiger charge is 2.19. The molecule has 3 heterocycles. The van der Waals surface area contributed by atoms with Crippen LogP contribution in [0.25, 0.3) is 32.3 Å². The predicted molar refractivity (Wildman–Crippen MR) is 70.9 cm³/mol. The molecule has 0 saturated carbocycles. The van der Waals surface area contributed by atoms with Crippen LogP contribution in [0.2, 0.25) is 0 Å². The average Bonchev–Trinajstić information content (AvgIpc) is 2.66. The summed E-state index contributed by atoms with van der Waals surface area (Å²) in [5.74, 6) is 0. The standard InChI is InChI=1S/C14H4O6/c15-11-6-3-1-2-5-7-4-8(13(17)19-11)10(9(5)6)14(18)20-12(7)16/h1-4H. The van der Waals surface area contributed by atoms with Crippen LogP contribution in [0, 0.1) is 0 Å². The first kappa shape index (κ1) is 10.9. The zero-order chi connectivity index (χ0) is 14.0. The number of hydrogen-bond acceptors (Lipinski definition) is 6. The second-order valence-corrected chi connectivity index (χ2v) is 4.43. The van der Waals surface area contributed by atoms with Crippen LogP contribution in [0.5, 0.6) is 0 Å². The molecule has 6 nitrogen and oxygen atoms in total. The minimum Gasteiger partial charge on any atom is -0.386 e. The van der Waals surface area contributed by atoms with Gasteiger partial charge in [0.2, 0.25) is 0 Å². The van der Waals surface area contributed by atoms with E-state index in [-0.39, 0.29) is 26.9 Å². The monoisotopic (exact) mass is 268 g/mol. The zero-order valence-corrected chi connectivity index (χ0v) is 9.76. The van der Waals surface area contributed by atoms with Crippen molar-refractivity contribution in [2.75, 3.05) is 0 Å². The average molecular weight is 268 g/mol. The van der Waals surface area contributed by atoms with Gasteiger partial charge < -0.3 is 8.83 Å². The third kappa shape index (κ3) is 1.13. The summed E-state index contributed by atoms with van der Waals surface area (Å²) in [6.07, 6.45) is 0. The first-order valence-electron chi connectivity index (χ1n) is 5.70. The summed E-state index contributed by atoms with van der Waals surface area (Å²) in [5, 5.41) is 0.536. The van der Waals surface area contributed by atoms with Crippen molar-refractivity contribution in [3.05, 3.63) is 65.9 Å². The second kappa shape index (κ2) is 3.30. The van der Waals surface area contributed by atoms with E-state index < -0.39 is 22.5 Å². The lowest BCUT2D eigenvalue weighted by Crippen LogP contribution is -2.05. The Kier molecular flexibility index (Phi) is 1.79. The van der Waals surface area contributed by atoms with Crippen LogP contribution in [-0.2, 0) is 0 Å². The van der Waals surface area contributed by atoms with Crippen molar-refractivity contribution < 1.29 is 8.83 Å². The van der Waals surface area contributed by atoms with Crippen LogP contribution >= 0.6 is 0 Å². The van der Waals surface area contributed by atoms with Crippen molar-refractivity contribution in [3.63, 3.8) is 0 Å². The van der Waals surface area contributed by atoms with E-state index in [1.54, 1.807) is 12.1 Å². The molecule has 0 unspecified atom stereocenters. The van der Waals surface area contributed by atoms with Gasteiger partial charge in [-0.15, -0.1) is 0 Å². The SMILES string of the molecule is O=c1oc(=O)c2c3cc1c1cccc(c(=O)oc3=O)c12. The van der Waals surface area contributed by atoms with Gasteiger partial charge in [0.1, 0.15) is 0 Å². The van der Waals surface area contributed by atoms with Crippen molar-refractivity contribution in [3.8, 4) is 0 Å². The van der Waals surface area contributed by atoms with Crippen molar-refractivity contribution in [2.24, 2.45) is 0 Å². The Labute approximate surface area is 108 Å². The summed E-state index contributed by atoms with van der Waals surface area (Å²) in [5.41, 5.74) is -3.61. The summed E-state index contributed by atoms with van der Waals surface area (Å²) < 4.78 is 9.32. The molecule has 0 atom stereocenters. The molecular formula is C14H4O6. The van der Waals surface area contributed by atoms with Crippen LogP contribution < -0.4 is 22.5 Å². The molecule has 0 spiro atoms. The molecule has 6 heteroatoms. The third-order valence-corrected chi connectivity index (χ3v) is 3.40. The number of fused-ring (bicyclic) bond motifs is 2. The minimum absolute atomic E-state index is 0.0677. The van der Waals surface area contributed by atoms with E-state index in [9.17, 15) is 19.2 Å². The quantitative estimate of drug-likeness (QED) is 0.464. The second-order valence-electron chi connectivity index (χ2n) is 4.43. The van der Waals surface area contributed by atoms with Gasteiger partial charge in [-0.3, -0.25) is 0 Å². The summed E-state index contributed by atoms with van der Waals surface area (Å²) >= 11 is 0. The van der Waals surface area contributed by atoms with E-state index in [4.69, 9.17) is 0 Å². The number of benzene rings is 2. The third-order valence-electron chi connectivity index (χ3n) is 3.40. The Morgan fingerprint density at radius 2 is 1.20 bits per heavy atom. The predicted octanol–water partition coefficient (Wildman–Crippen LogP) is 0.649. The van der Waals surface area contributed by atoms with Crippen LogP contribution in [-0.4, -0.2) is 0 Å². The maximum Gasteiger partial charge on any atom is 0.347 e. The van der Waals surface area contributed by atoms with Crippen molar-refractivity contribution in [1.82, 2.24) is 0 Å². The number of rotatable bonds is 0. The minimum atomic E-state index is -0.962. The highest BCUT2D eigenvalue weighted by molar-refractivity contribution is 6.20. The van der Waals surface area contributed by atoms with Crippen LogP contribution in [0.3, 0.4) is 0 Å². The fourth-order valence-corrected chi connectivity index (χ4v) is 2.57. The Hall–Kier alpha value is -3.02. The molecule has 0 radical (unpaired) electrons. The lowest BCUT2D eigenvalue weighted by atomic mass is 10.0. The van der Waals surface area contributed by atoms with Gasteiger partial charge in [0, 0.05) is 5.39 Å². The molecule has 0 N–H and O–H groups in total. The molecule has 96 valence electrons. The van der Waals surface area contributed by atoms with Crippen molar-refractivity contribution in [1.29, 1.82) is 0 Å². The Bertz CT molecular complexity index is 1210. The fraction of sp³-hybridized carbons (Fsp3) is 0. The normalized spacial score (nSPS) is 11.8. The summed E-state index contributed by atoms with van der Waals surface area (Å²) in [6, 6.07) is 5.80. The fourth-order valence-electron chi connectivity index (χ4n) is 2.57. The molecule has 3 aromatic heterocycles. The molecule has 2 aromatic carbocycles. The highest BCUT2D eigenvalue weighted by Crippen LogP contribution is 2.27. The van der Waals surface area contributed by atoms with Gasteiger partial charge in [0.25, 0.3) is 0 Å². The summed E-state index contributed by atoms with van der Waals surface area (Å²) in [7, 11) is 0. The van der Waals surface area contributed by atoms with Crippen molar-refractivity contribution >= 4 is 32.3 Å². The lowest BCUT2D eigenvalue weighted by Gasteiger charge is -1.98. The molecule has 0 aliphatic carbocycles. The molecule has 0 aliphatic rings. The van der Waals surface area contributed by atoms with Gasteiger partial charge >= 0.3 is 22.5 Å². The molecule has 4 bridgehead atoms. The van der Waals surface area contributed by atoms with Crippen molar-refractivity contribution in [2.45, 2.75) is 0 Å². The largest absolute Gasteiger partial charge is 0.386 e. The van der Waals surface area contributed by atoms with Gasteiger partial charge in [0.15, 0.2) is 0 Å². The molecule has 20 heavy (non-hydrogen) atoms. The van der Waals surface area contributed by atoms with Gasteiger partial charge in [-0.25, -0.2) is 19.2 Å². The molecular weight excluding hydrogens is 264 g/mol. The first-order valence-corrected chi connectivity index (χ1v) is 5.70. The van der Waals surface area contributed by atoms with E-state index in [1.165, 1.54) is 12.1 Å². The Morgan fingerprint density at radius 3 is 2.00 bits per heavy atom. The van der Waals surface area contributed by atoms with Crippen LogP contribution in [0.1, 0.15) is 0 Å². The zero-order valence-electron chi connectivity index (χ0n) is 9.76. The van der Waals surface area contributed by atoms with E-state index in [2.05, 4.69) is 8.83 Å². The smallest absolute Gasteiger partial charge is 0.347 e. The molecule has 0 fully saturated rings. The van der Waals surface area contributed by atoms with Crippen LogP contribution in [0.15, 0.2) is 52.3 Å². The molecule has 0 amide bonds. The van der Waals surface area contributed by atoms with E-state index >= 15 is 0 Å². The molecule has 5 aromatic rings. The molecule has 5 rings (SSSR count). The topological polar surface area (TPSA) is 94.6 Å². The highest BCUT2D eigenvalue weighted by atomic mass is 16.4. The summed E-state index contributed by atoms with van der Waals surface area (Å²) in [4.78, 5) is 47.6. The van der Waals surface area contributed by atoms with E-state index in [0.29, 0.717) is 5.39 Å². The van der Waals surface area contributed by atoms with E-state index in [0.717, 1.165) is 0 Å². The van der Waals surface area contributed by atoms with Gasteiger partial charge in [0.05, 0.1) is 21.5 Å². The first-order chi connectivity index (χ1) is 9.58.